The number of hydrogen-bond acceptors (Lipinski definition) is 4. The Hall–Kier alpha value is -3.14. The molecule has 0 bridgehead atoms. The van der Waals surface area contributed by atoms with E-state index in [1.54, 1.807) is 0 Å². The van der Waals surface area contributed by atoms with Crippen molar-refractivity contribution >= 4 is 16.9 Å². The van der Waals surface area contributed by atoms with Gasteiger partial charge in [0.25, 0.3) is 0 Å². The first-order valence-corrected chi connectivity index (χ1v) is 7.34. The Balaban J connectivity index is 1.80. The van der Waals surface area contributed by atoms with Gasteiger partial charge in [-0.2, -0.15) is 15.2 Å². The van der Waals surface area contributed by atoms with Gasteiger partial charge in [0.1, 0.15) is 6.07 Å². The fourth-order valence-corrected chi connectivity index (χ4v) is 2.71. The molecular weight excluding hydrogens is 294 g/mol. The van der Waals surface area contributed by atoms with Crippen LogP contribution in [-0.4, -0.2) is 30.6 Å². The van der Waals surface area contributed by atoms with Crippen molar-refractivity contribution in [2.75, 3.05) is 0 Å². The van der Waals surface area contributed by atoms with Crippen molar-refractivity contribution in [3.63, 3.8) is 0 Å². The second-order valence-corrected chi connectivity index (χ2v) is 5.78. The maximum absolute atomic E-state index is 10.9. The molecule has 114 valence electrons. The Labute approximate surface area is 131 Å². The van der Waals surface area contributed by atoms with E-state index in [1.807, 2.05) is 24.4 Å². The first kappa shape index (κ1) is 13.5. The smallest absolute Gasteiger partial charge is 0.358 e. The molecule has 0 saturated heterocycles. The van der Waals surface area contributed by atoms with Gasteiger partial charge in [0.05, 0.1) is 17.4 Å². The van der Waals surface area contributed by atoms with Crippen LogP contribution < -0.4 is 0 Å². The molecule has 1 aliphatic carbocycles. The molecule has 4 rings (SSSR count). The highest BCUT2D eigenvalue weighted by molar-refractivity contribution is 5.88. The predicted molar refractivity (Wildman–Crippen MR) is 81.3 cm³/mol. The lowest BCUT2D eigenvalue weighted by Crippen LogP contribution is -2.02. The zero-order valence-corrected chi connectivity index (χ0v) is 12.2. The number of aromatic nitrogens is 4. The maximum Gasteiger partial charge on any atom is 0.358 e. The molecule has 7 heteroatoms. The van der Waals surface area contributed by atoms with E-state index in [2.05, 4.69) is 20.8 Å². The van der Waals surface area contributed by atoms with Crippen LogP contribution in [0.1, 0.15) is 28.9 Å². The lowest BCUT2D eigenvalue weighted by atomic mass is 10.2. The standard InChI is InChI=1S/C16H13N5O2/c17-6-11-9-20(8-10-1-2-10)15-4-3-12(5-13(11)15)21-18-7-14(19-21)16(22)23/h3-5,7,9-10H,1-2,8H2,(H,22,23). The van der Waals surface area contributed by atoms with Gasteiger partial charge < -0.3 is 9.67 Å². The Kier molecular flexibility index (Phi) is 2.91. The van der Waals surface area contributed by atoms with E-state index in [4.69, 9.17) is 5.11 Å². The van der Waals surface area contributed by atoms with Crippen molar-refractivity contribution in [2.45, 2.75) is 19.4 Å². The first-order chi connectivity index (χ1) is 11.2. The largest absolute Gasteiger partial charge is 0.476 e. The van der Waals surface area contributed by atoms with Crippen molar-refractivity contribution < 1.29 is 9.90 Å². The number of carbonyl (C=O) groups is 1. The molecule has 0 aliphatic heterocycles. The number of aromatic carboxylic acids is 1. The monoisotopic (exact) mass is 307 g/mol. The molecule has 3 aromatic rings. The topological polar surface area (TPSA) is 96.7 Å². The van der Waals surface area contributed by atoms with Crippen LogP contribution in [0.25, 0.3) is 16.6 Å². The van der Waals surface area contributed by atoms with Gasteiger partial charge in [-0.1, -0.05) is 0 Å². The molecule has 1 aromatic carbocycles. The average molecular weight is 307 g/mol. The van der Waals surface area contributed by atoms with Crippen molar-refractivity contribution in [3.8, 4) is 11.8 Å². The minimum atomic E-state index is -1.12. The predicted octanol–water partition coefficient (Wildman–Crippen LogP) is 2.20. The van der Waals surface area contributed by atoms with Crippen LogP contribution in [0.2, 0.25) is 0 Å². The maximum atomic E-state index is 10.9. The minimum absolute atomic E-state index is 0.114. The van der Waals surface area contributed by atoms with E-state index >= 15 is 0 Å². The van der Waals surface area contributed by atoms with E-state index in [-0.39, 0.29) is 5.69 Å². The Bertz CT molecular complexity index is 959. The van der Waals surface area contributed by atoms with E-state index in [1.165, 1.54) is 23.8 Å². The molecule has 1 N–H and O–H groups in total. The third-order valence-corrected chi connectivity index (χ3v) is 4.08. The lowest BCUT2D eigenvalue weighted by molar-refractivity contribution is 0.0690. The fourth-order valence-electron chi connectivity index (χ4n) is 2.71. The lowest BCUT2D eigenvalue weighted by Gasteiger charge is -2.04. The Morgan fingerprint density at radius 1 is 1.43 bits per heavy atom. The van der Waals surface area contributed by atoms with Crippen LogP contribution in [0.5, 0.6) is 0 Å². The normalized spacial score (nSPS) is 14.0. The SMILES string of the molecule is N#Cc1cn(CC2CC2)c2ccc(-n3ncc(C(=O)O)n3)cc12. The third-order valence-electron chi connectivity index (χ3n) is 4.08. The molecule has 7 nitrogen and oxygen atoms in total. The molecule has 1 saturated carbocycles. The summed E-state index contributed by atoms with van der Waals surface area (Å²) in [5.74, 6) is -0.409. The minimum Gasteiger partial charge on any atom is -0.476 e. The average Bonchev–Trinajstić information content (AvgIpc) is 3.11. The van der Waals surface area contributed by atoms with E-state index in [0.717, 1.165) is 17.4 Å². The number of rotatable bonds is 4. The summed E-state index contributed by atoms with van der Waals surface area (Å²) in [6, 6.07) is 7.80. The van der Waals surface area contributed by atoms with Crippen molar-refractivity contribution in [1.29, 1.82) is 5.26 Å². The van der Waals surface area contributed by atoms with Crippen LogP contribution in [0.4, 0.5) is 0 Å². The van der Waals surface area contributed by atoms with Crippen LogP contribution in [0.3, 0.4) is 0 Å². The van der Waals surface area contributed by atoms with Crippen molar-refractivity contribution in [3.05, 3.63) is 41.9 Å². The Morgan fingerprint density at radius 3 is 2.91 bits per heavy atom. The fraction of sp³-hybridized carbons (Fsp3) is 0.250. The highest BCUT2D eigenvalue weighted by Gasteiger charge is 2.23. The second kappa shape index (κ2) is 4.95. The number of carboxylic acid groups (broad SMARTS) is 1. The van der Waals surface area contributed by atoms with E-state index in [9.17, 15) is 10.1 Å². The summed E-state index contributed by atoms with van der Waals surface area (Å²) in [4.78, 5) is 12.2. The summed E-state index contributed by atoms with van der Waals surface area (Å²) in [6.07, 6.45) is 5.57. The molecule has 0 spiro atoms. The van der Waals surface area contributed by atoms with Gasteiger partial charge in [-0.05, 0) is 37.0 Å². The van der Waals surface area contributed by atoms with Crippen molar-refractivity contribution in [1.82, 2.24) is 19.6 Å². The van der Waals surface area contributed by atoms with Crippen LogP contribution >= 0.6 is 0 Å². The molecule has 1 fully saturated rings. The summed E-state index contributed by atoms with van der Waals surface area (Å²) in [7, 11) is 0. The van der Waals surface area contributed by atoms with Gasteiger partial charge in [-0.15, -0.1) is 5.10 Å². The number of nitriles is 1. The summed E-state index contributed by atoms with van der Waals surface area (Å²) >= 11 is 0. The van der Waals surface area contributed by atoms with Gasteiger partial charge in [0.15, 0.2) is 5.69 Å². The van der Waals surface area contributed by atoms with Crippen LogP contribution in [-0.2, 0) is 6.54 Å². The second-order valence-electron chi connectivity index (χ2n) is 5.78. The molecule has 0 atom stereocenters. The van der Waals surface area contributed by atoms with Crippen LogP contribution in [0, 0.1) is 17.2 Å². The first-order valence-electron chi connectivity index (χ1n) is 7.34. The number of nitrogens with zero attached hydrogens (tertiary/aromatic N) is 5. The van der Waals surface area contributed by atoms with Gasteiger partial charge in [-0.25, -0.2) is 4.79 Å². The number of hydrogen-bond donors (Lipinski definition) is 1. The third kappa shape index (κ3) is 2.34. The highest BCUT2D eigenvalue weighted by Crippen LogP contribution is 2.33. The molecule has 2 heterocycles. The van der Waals surface area contributed by atoms with Gasteiger partial charge in [-0.3, -0.25) is 0 Å². The molecule has 1 aliphatic rings. The summed E-state index contributed by atoms with van der Waals surface area (Å²) in [5.41, 5.74) is 2.12. The van der Waals surface area contributed by atoms with Gasteiger partial charge in [0, 0.05) is 23.6 Å². The molecule has 0 radical (unpaired) electrons. The summed E-state index contributed by atoms with van der Waals surface area (Å²) < 4.78 is 2.12. The van der Waals surface area contributed by atoms with Crippen LogP contribution in [0.15, 0.2) is 30.6 Å². The van der Waals surface area contributed by atoms with E-state index < -0.39 is 5.97 Å². The number of carboxylic acids is 1. The molecule has 0 unspecified atom stereocenters. The zero-order chi connectivity index (χ0) is 16.0. The summed E-state index contributed by atoms with van der Waals surface area (Å²) in [5, 5.41) is 27.0. The number of benzene rings is 1. The number of fused-ring (bicyclic) bond motifs is 1. The Morgan fingerprint density at radius 2 is 2.26 bits per heavy atom. The highest BCUT2D eigenvalue weighted by atomic mass is 16.4. The van der Waals surface area contributed by atoms with Gasteiger partial charge >= 0.3 is 5.97 Å². The molecule has 2 aromatic heterocycles. The van der Waals surface area contributed by atoms with E-state index in [0.29, 0.717) is 17.2 Å². The molecule has 0 amide bonds. The molecular formula is C16H13N5O2. The summed E-state index contributed by atoms with van der Waals surface area (Å²) in [6.45, 7) is 0.931. The van der Waals surface area contributed by atoms with Gasteiger partial charge in [0.2, 0.25) is 0 Å². The van der Waals surface area contributed by atoms with Crippen molar-refractivity contribution in [2.24, 2.45) is 5.92 Å². The zero-order valence-electron chi connectivity index (χ0n) is 12.2. The quantitative estimate of drug-likeness (QED) is 0.797. The molecule has 23 heavy (non-hydrogen) atoms.